The number of amides is 1. The second-order valence-electron chi connectivity index (χ2n) is 5.49. The van der Waals surface area contributed by atoms with Gasteiger partial charge in [-0.1, -0.05) is 53.7 Å². The molecule has 0 bridgehead atoms. The minimum atomic E-state index is -0.202. The fourth-order valence-electron chi connectivity index (χ4n) is 2.26. The molecule has 0 radical (unpaired) electrons. The highest BCUT2D eigenvalue weighted by Crippen LogP contribution is 2.23. The van der Waals surface area contributed by atoms with Gasteiger partial charge in [-0.25, -0.2) is 0 Å². The van der Waals surface area contributed by atoms with Crippen molar-refractivity contribution in [1.29, 1.82) is 0 Å². The molecule has 6 heteroatoms. The summed E-state index contributed by atoms with van der Waals surface area (Å²) < 4.78 is 0. The number of nitrogens with zero attached hydrogens (tertiary/aromatic N) is 2. The van der Waals surface area contributed by atoms with Crippen LogP contribution in [0.1, 0.15) is 16.7 Å². The molecule has 0 aromatic heterocycles. The van der Waals surface area contributed by atoms with Crippen molar-refractivity contribution in [3.05, 3.63) is 65.2 Å². The van der Waals surface area contributed by atoms with E-state index in [1.54, 1.807) is 24.3 Å². The average Bonchev–Trinajstić information content (AvgIpc) is 2.91. The number of phenolic OH excluding ortho intramolecular Hbond substituents is 1. The van der Waals surface area contributed by atoms with Crippen molar-refractivity contribution in [3.63, 3.8) is 0 Å². The van der Waals surface area contributed by atoms with Crippen LogP contribution < -0.4 is 5.32 Å². The molecule has 2 N–H and O–H groups in total. The Labute approximate surface area is 144 Å². The van der Waals surface area contributed by atoms with E-state index in [1.807, 2.05) is 31.2 Å². The van der Waals surface area contributed by atoms with Crippen molar-refractivity contribution in [1.82, 2.24) is 5.32 Å². The molecule has 1 unspecified atom stereocenters. The Morgan fingerprint density at radius 3 is 2.71 bits per heavy atom. The van der Waals surface area contributed by atoms with Gasteiger partial charge in [0.2, 0.25) is 5.91 Å². The summed E-state index contributed by atoms with van der Waals surface area (Å²) in [5, 5.41) is 20.6. The van der Waals surface area contributed by atoms with Crippen molar-refractivity contribution in [2.45, 2.75) is 18.6 Å². The predicted octanol–water partition coefficient (Wildman–Crippen LogP) is 2.86. The normalized spacial score (nSPS) is 19.1. The first-order valence-corrected chi connectivity index (χ1v) is 8.42. The molecule has 2 aromatic rings. The molecule has 1 aliphatic rings. The smallest absolute Gasteiger partial charge is 0.239 e. The Balaban J connectivity index is 1.63. The Morgan fingerprint density at radius 1 is 1.21 bits per heavy atom. The first kappa shape index (κ1) is 16.3. The summed E-state index contributed by atoms with van der Waals surface area (Å²) in [6, 6.07) is 15.0. The van der Waals surface area contributed by atoms with E-state index in [1.165, 1.54) is 23.5 Å². The number of amidine groups is 1. The Bertz CT molecular complexity index is 800. The highest BCUT2D eigenvalue weighted by molar-refractivity contribution is 8.15. The van der Waals surface area contributed by atoms with Gasteiger partial charge in [0.15, 0.2) is 5.17 Å². The molecule has 1 heterocycles. The molecule has 24 heavy (non-hydrogen) atoms. The van der Waals surface area contributed by atoms with Crippen molar-refractivity contribution >= 4 is 29.1 Å². The number of phenols is 1. The molecule has 1 amide bonds. The van der Waals surface area contributed by atoms with E-state index in [-0.39, 0.29) is 16.9 Å². The van der Waals surface area contributed by atoms with E-state index in [0.717, 1.165) is 5.56 Å². The molecule has 122 valence electrons. The number of nitrogens with one attached hydrogen (secondary N) is 1. The minimum absolute atomic E-state index is 0.0583. The van der Waals surface area contributed by atoms with E-state index < -0.39 is 0 Å². The zero-order chi connectivity index (χ0) is 16.9. The van der Waals surface area contributed by atoms with Gasteiger partial charge < -0.3 is 10.4 Å². The number of aromatic hydroxyl groups is 1. The van der Waals surface area contributed by atoms with Crippen molar-refractivity contribution < 1.29 is 9.90 Å². The standard InChI is InChI=1S/C18H17N3O2S/c1-12-6-8-13(9-7-12)10-16-17(23)20-18(24-16)21-19-11-14-4-2-3-5-15(14)22/h2-9,11,16,22H,10H2,1H3,(H,20,21,23)/b19-11+. The number of benzene rings is 2. The molecular formula is C18H17N3O2S. The third-order valence-corrected chi connectivity index (χ3v) is 4.67. The second-order valence-corrected chi connectivity index (χ2v) is 6.69. The van der Waals surface area contributed by atoms with E-state index in [4.69, 9.17) is 0 Å². The highest BCUT2D eigenvalue weighted by atomic mass is 32.2. The fourth-order valence-corrected chi connectivity index (χ4v) is 3.23. The van der Waals surface area contributed by atoms with Gasteiger partial charge in [-0.2, -0.15) is 5.10 Å². The zero-order valence-electron chi connectivity index (χ0n) is 13.1. The summed E-state index contributed by atoms with van der Waals surface area (Å²) in [5.41, 5.74) is 2.89. The summed E-state index contributed by atoms with van der Waals surface area (Å²) in [6.07, 6.45) is 2.11. The lowest BCUT2D eigenvalue weighted by Crippen LogP contribution is -2.25. The van der Waals surface area contributed by atoms with Crippen LogP contribution in [0.15, 0.2) is 58.7 Å². The Hall–Kier alpha value is -2.60. The van der Waals surface area contributed by atoms with E-state index in [0.29, 0.717) is 17.2 Å². The van der Waals surface area contributed by atoms with Crippen LogP contribution in [0.5, 0.6) is 5.75 Å². The second kappa shape index (κ2) is 7.31. The summed E-state index contributed by atoms with van der Waals surface area (Å²) in [7, 11) is 0. The summed E-state index contributed by atoms with van der Waals surface area (Å²) in [4.78, 5) is 12.0. The van der Waals surface area contributed by atoms with Gasteiger partial charge in [0.25, 0.3) is 0 Å². The zero-order valence-corrected chi connectivity index (χ0v) is 14.0. The van der Waals surface area contributed by atoms with Crippen LogP contribution in [-0.2, 0) is 11.2 Å². The van der Waals surface area contributed by atoms with Crippen LogP contribution in [-0.4, -0.2) is 27.6 Å². The number of thioether (sulfide) groups is 1. The lowest BCUT2D eigenvalue weighted by atomic mass is 10.1. The third kappa shape index (κ3) is 4.02. The van der Waals surface area contributed by atoms with Gasteiger partial charge >= 0.3 is 0 Å². The van der Waals surface area contributed by atoms with E-state index >= 15 is 0 Å². The van der Waals surface area contributed by atoms with Crippen molar-refractivity contribution in [2.24, 2.45) is 10.2 Å². The molecule has 5 nitrogen and oxygen atoms in total. The number of aryl methyl sites for hydroxylation is 1. The molecule has 3 rings (SSSR count). The van der Waals surface area contributed by atoms with E-state index in [9.17, 15) is 9.90 Å². The lowest BCUT2D eigenvalue weighted by Gasteiger charge is -2.05. The van der Waals surface area contributed by atoms with Crippen molar-refractivity contribution in [3.8, 4) is 5.75 Å². The average molecular weight is 339 g/mol. The number of para-hydroxylation sites is 1. The largest absolute Gasteiger partial charge is 0.507 e. The van der Waals surface area contributed by atoms with Crippen LogP contribution in [0.4, 0.5) is 0 Å². The molecule has 1 aliphatic heterocycles. The van der Waals surface area contributed by atoms with Gasteiger partial charge in [-0.05, 0) is 31.0 Å². The molecule has 1 saturated heterocycles. The van der Waals surface area contributed by atoms with Gasteiger partial charge in [0.05, 0.1) is 11.5 Å². The molecule has 1 fully saturated rings. The molecule has 1 atom stereocenters. The maximum Gasteiger partial charge on any atom is 0.239 e. The molecule has 0 spiro atoms. The monoisotopic (exact) mass is 339 g/mol. The number of hydrogen-bond donors (Lipinski definition) is 2. The van der Waals surface area contributed by atoms with Crippen molar-refractivity contribution in [2.75, 3.05) is 0 Å². The maximum atomic E-state index is 12.0. The maximum absolute atomic E-state index is 12.0. The minimum Gasteiger partial charge on any atom is -0.507 e. The van der Waals surface area contributed by atoms with E-state index in [2.05, 4.69) is 15.5 Å². The first-order chi connectivity index (χ1) is 11.6. The molecule has 0 aliphatic carbocycles. The van der Waals surface area contributed by atoms with Crippen LogP contribution in [0, 0.1) is 6.92 Å². The SMILES string of the molecule is Cc1ccc(CC2S/C(=N/N=C/c3ccccc3O)NC2=O)cc1. The molecule has 0 saturated carbocycles. The number of carbonyl (C=O) groups is 1. The van der Waals surface area contributed by atoms with Crippen LogP contribution in [0.3, 0.4) is 0 Å². The first-order valence-electron chi connectivity index (χ1n) is 7.54. The predicted molar refractivity (Wildman–Crippen MR) is 97.5 cm³/mol. The van der Waals surface area contributed by atoms with Gasteiger partial charge in [0.1, 0.15) is 5.75 Å². The number of carbonyl (C=O) groups excluding carboxylic acids is 1. The summed E-state index contributed by atoms with van der Waals surface area (Å²) in [6.45, 7) is 2.04. The summed E-state index contributed by atoms with van der Waals surface area (Å²) >= 11 is 1.37. The quantitative estimate of drug-likeness (QED) is 0.664. The summed E-state index contributed by atoms with van der Waals surface area (Å²) in [5.74, 6) is 0.0823. The third-order valence-electron chi connectivity index (χ3n) is 3.60. The van der Waals surface area contributed by atoms with Crippen LogP contribution in [0.25, 0.3) is 0 Å². The van der Waals surface area contributed by atoms with Crippen LogP contribution in [0.2, 0.25) is 0 Å². The Kier molecular flexibility index (Phi) is 4.96. The highest BCUT2D eigenvalue weighted by Gasteiger charge is 2.30. The molecule has 2 aromatic carbocycles. The number of hydrogen-bond acceptors (Lipinski definition) is 5. The van der Waals surface area contributed by atoms with Crippen LogP contribution >= 0.6 is 11.8 Å². The van der Waals surface area contributed by atoms with Gasteiger partial charge in [-0.3, -0.25) is 4.79 Å². The fraction of sp³-hybridized carbons (Fsp3) is 0.167. The lowest BCUT2D eigenvalue weighted by molar-refractivity contribution is -0.118. The molecular weight excluding hydrogens is 322 g/mol. The Morgan fingerprint density at radius 2 is 1.96 bits per heavy atom. The van der Waals surface area contributed by atoms with Gasteiger partial charge in [0, 0.05) is 5.56 Å². The van der Waals surface area contributed by atoms with Gasteiger partial charge in [-0.15, -0.1) is 5.10 Å². The number of rotatable bonds is 4. The topological polar surface area (TPSA) is 74.1 Å².